The van der Waals surface area contributed by atoms with E-state index < -0.39 is 11.9 Å². The summed E-state index contributed by atoms with van der Waals surface area (Å²) in [5.74, 6) is -0.199. The van der Waals surface area contributed by atoms with Crippen molar-refractivity contribution in [1.29, 1.82) is 0 Å². The van der Waals surface area contributed by atoms with Gasteiger partial charge in [0, 0.05) is 43.8 Å². The molecule has 0 atom stereocenters. The molecule has 3 heterocycles. The highest BCUT2D eigenvalue weighted by Crippen LogP contribution is 2.28. The van der Waals surface area contributed by atoms with E-state index in [0.29, 0.717) is 23.5 Å². The molecular weight excluding hydrogens is 383 g/mol. The molecule has 0 fully saturated rings. The fourth-order valence-electron chi connectivity index (χ4n) is 2.80. The highest BCUT2D eigenvalue weighted by molar-refractivity contribution is 5.92. The van der Waals surface area contributed by atoms with E-state index in [0.717, 1.165) is 17.8 Å². The standard InChI is InChI=1S/C20H20F3N5O/c1-13(2)28(19(29)17-11-27(3)12-26-17)10-14-6-7-24-16(8-14)15-4-5-18(25-9-15)20(21,22)23/h4-9,11-13H,10H2,1-3H3. The molecule has 0 aliphatic heterocycles. The van der Waals surface area contributed by atoms with E-state index in [-0.39, 0.29) is 11.9 Å². The first-order valence-corrected chi connectivity index (χ1v) is 8.92. The molecule has 152 valence electrons. The van der Waals surface area contributed by atoms with Gasteiger partial charge in [0.1, 0.15) is 11.4 Å². The van der Waals surface area contributed by atoms with Crippen molar-refractivity contribution >= 4 is 5.91 Å². The van der Waals surface area contributed by atoms with Gasteiger partial charge in [-0.15, -0.1) is 0 Å². The summed E-state index contributed by atoms with van der Waals surface area (Å²) in [5, 5.41) is 0. The lowest BCUT2D eigenvalue weighted by Crippen LogP contribution is -2.36. The molecule has 6 nitrogen and oxygen atoms in total. The quantitative estimate of drug-likeness (QED) is 0.647. The number of aromatic nitrogens is 4. The Bertz CT molecular complexity index is 996. The average molecular weight is 403 g/mol. The van der Waals surface area contributed by atoms with Gasteiger partial charge in [0.25, 0.3) is 5.91 Å². The lowest BCUT2D eigenvalue weighted by atomic mass is 10.1. The third-order valence-electron chi connectivity index (χ3n) is 4.34. The maximum atomic E-state index is 12.8. The van der Waals surface area contributed by atoms with E-state index in [1.807, 2.05) is 13.8 Å². The van der Waals surface area contributed by atoms with Crippen molar-refractivity contribution in [3.63, 3.8) is 0 Å². The third kappa shape index (κ3) is 4.79. The first kappa shape index (κ1) is 20.5. The van der Waals surface area contributed by atoms with Crippen LogP contribution in [-0.2, 0) is 19.8 Å². The van der Waals surface area contributed by atoms with Crippen LogP contribution in [0, 0.1) is 0 Å². The molecule has 0 aliphatic rings. The molecule has 0 bridgehead atoms. The number of alkyl halides is 3. The van der Waals surface area contributed by atoms with Gasteiger partial charge in [0.05, 0.1) is 12.0 Å². The van der Waals surface area contributed by atoms with E-state index in [4.69, 9.17) is 0 Å². The van der Waals surface area contributed by atoms with Crippen LogP contribution in [0.2, 0.25) is 0 Å². The predicted molar refractivity (Wildman–Crippen MR) is 101 cm³/mol. The molecule has 0 aromatic carbocycles. The van der Waals surface area contributed by atoms with Gasteiger partial charge < -0.3 is 9.47 Å². The molecular formula is C20H20F3N5O. The van der Waals surface area contributed by atoms with Crippen LogP contribution in [0.3, 0.4) is 0 Å². The number of carbonyl (C=O) groups excluding carboxylic acids is 1. The fourth-order valence-corrected chi connectivity index (χ4v) is 2.80. The van der Waals surface area contributed by atoms with Gasteiger partial charge in [-0.05, 0) is 43.7 Å². The summed E-state index contributed by atoms with van der Waals surface area (Å²) in [5.41, 5.74) is 1.14. The summed E-state index contributed by atoms with van der Waals surface area (Å²) >= 11 is 0. The summed E-state index contributed by atoms with van der Waals surface area (Å²) in [7, 11) is 1.79. The molecule has 1 amide bonds. The number of nitrogens with zero attached hydrogens (tertiary/aromatic N) is 5. The van der Waals surface area contributed by atoms with Gasteiger partial charge in [0.2, 0.25) is 0 Å². The Hall–Kier alpha value is -3.23. The van der Waals surface area contributed by atoms with Crippen molar-refractivity contribution in [2.75, 3.05) is 0 Å². The van der Waals surface area contributed by atoms with Crippen molar-refractivity contribution in [2.45, 2.75) is 32.6 Å². The molecule has 0 saturated heterocycles. The van der Waals surface area contributed by atoms with Crippen LogP contribution in [-0.4, -0.2) is 36.4 Å². The Morgan fingerprint density at radius 3 is 2.48 bits per heavy atom. The van der Waals surface area contributed by atoms with Crippen molar-refractivity contribution in [1.82, 2.24) is 24.4 Å². The number of amides is 1. The Labute approximate surface area is 166 Å². The minimum atomic E-state index is -4.49. The number of hydrogen-bond donors (Lipinski definition) is 0. The zero-order valence-electron chi connectivity index (χ0n) is 16.2. The summed E-state index contributed by atoms with van der Waals surface area (Å²) < 4.78 is 39.8. The SMILES string of the molecule is CC(C)N(Cc1ccnc(-c2ccc(C(F)(F)F)nc2)c1)C(=O)c1cn(C)cn1. The number of imidazole rings is 1. The molecule has 0 aliphatic carbocycles. The van der Waals surface area contributed by atoms with Crippen LogP contribution in [0.1, 0.15) is 35.6 Å². The number of rotatable bonds is 5. The van der Waals surface area contributed by atoms with Crippen molar-refractivity contribution in [3.05, 3.63) is 66.1 Å². The van der Waals surface area contributed by atoms with Gasteiger partial charge in [-0.25, -0.2) is 4.98 Å². The van der Waals surface area contributed by atoms with Crippen LogP contribution >= 0.6 is 0 Å². The molecule has 0 saturated carbocycles. The second-order valence-corrected chi connectivity index (χ2v) is 6.93. The minimum absolute atomic E-state index is 0.0751. The van der Waals surface area contributed by atoms with Gasteiger partial charge in [-0.3, -0.25) is 14.8 Å². The molecule has 3 aromatic heterocycles. The summed E-state index contributed by atoms with van der Waals surface area (Å²) in [6.07, 6.45) is 1.44. The largest absolute Gasteiger partial charge is 0.433 e. The fraction of sp³-hybridized carbons (Fsp3) is 0.300. The van der Waals surface area contributed by atoms with E-state index in [9.17, 15) is 18.0 Å². The Kier molecular flexibility index (Phi) is 5.67. The molecule has 0 N–H and O–H groups in total. The van der Waals surface area contributed by atoms with Crippen LogP contribution in [0.15, 0.2) is 49.2 Å². The Morgan fingerprint density at radius 1 is 1.17 bits per heavy atom. The number of halogens is 3. The van der Waals surface area contributed by atoms with Crippen molar-refractivity contribution in [2.24, 2.45) is 7.05 Å². The molecule has 9 heteroatoms. The van der Waals surface area contributed by atoms with E-state index in [1.165, 1.54) is 6.07 Å². The van der Waals surface area contributed by atoms with Gasteiger partial charge in [-0.2, -0.15) is 13.2 Å². The lowest BCUT2D eigenvalue weighted by Gasteiger charge is -2.26. The van der Waals surface area contributed by atoms with Gasteiger partial charge >= 0.3 is 6.18 Å². The third-order valence-corrected chi connectivity index (χ3v) is 4.34. The van der Waals surface area contributed by atoms with Gasteiger partial charge in [0.15, 0.2) is 0 Å². The summed E-state index contributed by atoms with van der Waals surface area (Å²) in [6, 6.07) is 5.69. The molecule has 3 rings (SSSR count). The van der Waals surface area contributed by atoms with Crippen LogP contribution in [0.4, 0.5) is 13.2 Å². The van der Waals surface area contributed by atoms with E-state index >= 15 is 0 Å². The molecule has 0 unspecified atom stereocenters. The second-order valence-electron chi connectivity index (χ2n) is 6.93. The highest BCUT2D eigenvalue weighted by atomic mass is 19.4. The first-order chi connectivity index (χ1) is 13.6. The smallest absolute Gasteiger partial charge is 0.340 e. The van der Waals surface area contributed by atoms with E-state index in [1.54, 1.807) is 47.4 Å². The topological polar surface area (TPSA) is 63.9 Å². The van der Waals surface area contributed by atoms with E-state index in [2.05, 4.69) is 15.0 Å². The zero-order valence-corrected chi connectivity index (χ0v) is 16.2. The monoisotopic (exact) mass is 403 g/mol. The van der Waals surface area contributed by atoms with Gasteiger partial charge in [-0.1, -0.05) is 0 Å². The maximum absolute atomic E-state index is 12.8. The molecule has 0 spiro atoms. The lowest BCUT2D eigenvalue weighted by molar-refractivity contribution is -0.141. The second kappa shape index (κ2) is 8.02. The average Bonchev–Trinajstić information content (AvgIpc) is 3.11. The molecule has 0 radical (unpaired) electrons. The zero-order chi connectivity index (χ0) is 21.2. The molecule has 29 heavy (non-hydrogen) atoms. The maximum Gasteiger partial charge on any atom is 0.433 e. The Balaban J connectivity index is 1.83. The summed E-state index contributed by atoms with van der Waals surface area (Å²) in [6.45, 7) is 4.13. The first-order valence-electron chi connectivity index (χ1n) is 8.92. The van der Waals surface area contributed by atoms with Crippen LogP contribution in [0.5, 0.6) is 0 Å². The number of hydrogen-bond acceptors (Lipinski definition) is 4. The van der Waals surface area contributed by atoms with Crippen molar-refractivity contribution in [3.8, 4) is 11.3 Å². The molecule has 3 aromatic rings. The number of pyridine rings is 2. The van der Waals surface area contributed by atoms with Crippen molar-refractivity contribution < 1.29 is 18.0 Å². The minimum Gasteiger partial charge on any atom is -0.340 e. The number of carbonyl (C=O) groups is 1. The number of aryl methyl sites for hydroxylation is 1. The van der Waals surface area contributed by atoms with Crippen LogP contribution < -0.4 is 0 Å². The Morgan fingerprint density at radius 2 is 1.93 bits per heavy atom. The summed E-state index contributed by atoms with van der Waals surface area (Å²) in [4.78, 5) is 26.3. The van der Waals surface area contributed by atoms with Crippen LogP contribution in [0.25, 0.3) is 11.3 Å². The highest BCUT2D eigenvalue weighted by Gasteiger charge is 2.32. The normalized spacial score (nSPS) is 11.7. The predicted octanol–water partition coefficient (Wildman–Crippen LogP) is 3.95.